The number of carboxylic acids is 1. The van der Waals surface area contributed by atoms with Crippen LogP contribution in [0.5, 0.6) is 0 Å². The molecule has 0 spiro atoms. The van der Waals surface area contributed by atoms with Crippen molar-refractivity contribution in [3.63, 3.8) is 0 Å². The molecule has 1 atom stereocenters. The molecule has 3 N–H and O–H groups in total. The second kappa shape index (κ2) is 8.92. The number of ether oxygens (including phenoxy) is 1. The minimum atomic E-state index is -0.848. The number of carbonyl (C=O) groups is 2. The molecule has 6 nitrogen and oxygen atoms in total. The van der Waals surface area contributed by atoms with E-state index >= 15 is 0 Å². The Labute approximate surface area is 120 Å². The number of aliphatic carboxylic acids is 1. The first-order chi connectivity index (χ1) is 9.54. The van der Waals surface area contributed by atoms with Crippen molar-refractivity contribution in [1.82, 2.24) is 4.90 Å². The largest absolute Gasteiger partial charge is 0.481 e. The fourth-order valence-corrected chi connectivity index (χ4v) is 2.34. The molecule has 1 aliphatic rings. The number of carbonyl (C=O) groups excluding carboxylic acids is 1. The molecule has 1 saturated heterocycles. The number of carboxylic acid groups (broad SMARTS) is 1. The van der Waals surface area contributed by atoms with Gasteiger partial charge in [-0.2, -0.15) is 0 Å². The topological polar surface area (TPSA) is 92.9 Å². The van der Waals surface area contributed by atoms with Gasteiger partial charge in [0.2, 0.25) is 5.91 Å². The minimum absolute atomic E-state index is 0.0288. The van der Waals surface area contributed by atoms with Gasteiger partial charge in [-0.3, -0.25) is 9.59 Å². The smallest absolute Gasteiger partial charge is 0.305 e. The summed E-state index contributed by atoms with van der Waals surface area (Å²) >= 11 is 0. The van der Waals surface area contributed by atoms with Crippen LogP contribution in [0.1, 0.15) is 45.4 Å². The average Bonchev–Trinajstić information content (AvgIpc) is 2.44. The lowest BCUT2D eigenvalue weighted by atomic mass is 10.0. The van der Waals surface area contributed by atoms with Crippen molar-refractivity contribution in [2.45, 2.75) is 57.6 Å². The summed E-state index contributed by atoms with van der Waals surface area (Å²) in [7, 11) is 0. The van der Waals surface area contributed by atoms with E-state index in [1.54, 1.807) is 4.90 Å². The number of nitrogens with zero attached hydrogens (tertiary/aromatic N) is 1. The van der Waals surface area contributed by atoms with Crippen molar-refractivity contribution in [2.75, 3.05) is 19.7 Å². The normalized spacial score (nSPS) is 18.0. The van der Waals surface area contributed by atoms with Crippen LogP contribution >= 0.6 is 0 Å². The molecule has 0 aromatic heterocycles. The van der Waals surface area contributed by atoms with Gasteiger partial charge in [0.25, 0.3) is 0 Å². The molecule has 6 heteroatoms. The van der Waals surface area contributed by atoms with Gasteiger partial charge in [0.15, 0.2) is 0 Å². The Morgan fingerprint density at radius 1 is 1.40 bits per heavy atom. The van der Waals surface area contributed by atoms with Crippen LogP contribution in [0.4, 0.5) is 0 Å². The highest BCUT2D eigenvalue weighted by Crippen LogP contribution is 2.15. The summed E-state index contributed by atoms with van der Waals surface area (Å²) < 4.78 is 5.50. The van der Waals surface area contributed by atoms with Crippen molar-refractivity contribution < 1.29 is 19.4 Å². The molecule has 1 fully saturated rings. The van der Waals surface area contributed by atoms with E-state index in [0.29, 0.717) is 13.1 Å². The quantitative estimate of drug-likeness (QED) is 0.694. The van der Waals surface area contributed by atoms with Gasteiger partial charge >= 0.3 is 5.97 Å². The minimum Gasteiger partial charge on any atom is -0.481 e. The number of likely N-dealkylation sites (tertiary alicyclic amines) is 1. The first kappa shape index (κ1) is 16.9. The SMILES string of the molecule is CCCCC(N)C(=O)N1CCC(OCCC(=O)O)CC1. The molecule has 1 aliphatic heterocycles. The zero-order chi connectivity index (χ0) is 15.0. The Kier molecular flexibility index (Phi) is 7.54. The van der Waals surface area contributed by atoms with E-state index in [0.717, 1.165) is 32.1 Å². The molecule has 116 valence electrons. The van der Waals surface area contributed by atoms with E-state index in [4.69, 9.17) is 15.6 Å². The molecule has 1 rings (SSSR count). The summed E-state index contributed by atoms with van der Waals surface area (Å²) in [5, 5.41) is 8.54. The first-order valence-electron chi connectivity index (χ1n) is 7.42. The second-order valence-electron chi connectivity index (χ2n) is 5.29. The Balaban J connectivity index is 2.23. The fraction of sp³-hybridized carbons (Fsp3) is 0.857. The molecule has 0 radical (unpaired) electrons. The van der Waals surface area contributed by atoms with Gasteiger partial charge < -0.3 is 20.5 Å². The zero-order valence-electron chi connectivity index (χ0n) is 12.2. The highest BCUT2D eigenvalue weighted by Gasteiger charge is 2.26. The fourth-order valence-electron chi connectivity index (χ4n) is 2.34. The Bertz CT molecular complexity index is 314. The Morgan fingerprint density at radius 2 is 2.05 bits per heavy atom. The van der Waals surface area contributed by atoms with E-state index in [-0.39, 0.29) is 31.1 Å². The van der Waals surface area contributed by atoms with Crippen molar-refractivity contribution in [3.05, 3.63) is 0 Å². The van der Waals surface area contributed by atoms with Gasteiger partial charge in [-0.15, -0.1) is 0 Å². The van der Waals surface area contributed by atoms with E-state index in [1.807, 2.05) is 0 Å². The van der Waals surface area contributed by atoms with Gasteiger partial charge in [-0.1, -0.05) is 19.8 Å². The third-order valence-electron chi connectivity index (χ3n) is 3.61. The van der Waals surface area contributed by atoms with Crippen molar-refractivity contribution in [2.24, 2.45) is 5.73 Å². The lowest BCUT2D eigenvalue weighted by Gasteiger charge is -2.33. The number of piperidine rings is 1. The average molecular weight is 286 g/mol. The number of hydrogen-bond acceptors (Lipinski definition) is 4. The summed E-state index contributed by atoms with van der Waals surface area (Å²) in [5.41, 5.74) is 5.89. The molecule has 0 aromatic carbocycles. The predicted molar refractivity (Wildman–Crippen MR) is 75.3 cm³/mol. The zero-order valence-corrected chi connectivity index (χ0v) is 12.2. The maximum absolute atomic E-state index is 12.1. The monoisotopic (exact) mass is 286 g/mol. The summed E-state index contributed by atoms with van der Waals surface area (Å²) in [6.45, 7) is 3.62. The molecule has 1 heterocycles. The standard InChI is InChI=1S/C14H26N2O4/c1-2-3-4-12(15)14(19)16-8-5-11(6-9-16)20-10-7-13(17)18/h11-12H,2-10,15H2,1H3,(H,17,18). The number of hydrogen-bond donors (Lipinski definition) is 2. The van der Waals surface area contributed by atoms with Gasteiger partial charge in [0.05, 0.1) is 25.2 Å². The van der Waals surface area contributed by atoms with E-state index in [9.17, 15) is 9.59 Å². The number of unbranched alkanes of at least 4 members (excludes halogenated alkanes) is 1. The summed E-state index contributed by atoms with van der Waals surface area (Å²) in [5.74, 6) is -0.818. The van der Waals surface area contributed by atoms with Crippen molar-refractivity contribution >= 4 is 11.9 Å². The highest BCUT2D eigenvalue weighted by atomic mass is 16.5. The van der Waals surface area contributed by atoms with Crippen LogP contribution in [0.15, 0.2) is 0 Å². The summed E-state index contributed by atoms with van der Waals surface area (Å²) in [4.78, 5) is 24.3. The molecule has 0 bridgehead atoms. The molecule has 1 unspecified atom stereocenters. The molecular formula is C14H26N2O4. The van der Waals surface area contributed by atoms with Crippen LogP contribution < -0.4 is 5.73 Å². The first-order valence-corrected chi connectivity index (χ1v) is 7.42. The van der Waals surface area contributed by atoms with Gasteiger partial charge in [0.1, 0.15) is 0 Å². The lowest BCUT2D eigenvalue weighted by molar-refractivity contribution is -0.139. The molecule has 1 amide bonds. The van der Waals surface area contributed by atoms with Crippen LogP contribution in [-0.2, 0) is 14.3 Å². The Morgan fingerprint density at radius 3 is 2.60 bits per heavy atom. The van der Waals surface area contributed by atoms with Crippen LogP contribution in [0.2, 0.25) is 0 Å². The van der Waals surface area contributed by atoms with E-state index in [2.05, 4.69) is 6.92 Å². The summed E-state index contributed by atoms with van der Waals surface area (Å²) in [6, 6.07) is -0.389. The lowest BCUT2D eigenvalue weighted by Crippen LogP contribution is -2.48. The van der Waals surface area contributed by atoms with Gasteiger partial charge in [-0.05, 0) is 19.3 Å². The molecule has 0 aliphatic carbocycles. The Hall–Kier alpha value is -1.14. The van der Waals surface area contributed by atoms with Gasteiger partial charge in [0, 0.05) is 13.1 Å². The van der Waals surface area contributed by atoms with Crippen LogP contribution in [0.25, 0.3) is 0 Å². The van der Waals surface area contributed by atoms with Crippen molar-refractivity contribution in [1.29, 1.82) is 0 Å². The van der Waals surface area contributed by atoms with Crippen molar-refractivity contribution in [3.8, 4) is 0 Å². The van der Waals surface area contributed by atoms with Gasteiger partial charge in [-0.25, -0.2) is 0 Å². The van der Waals surface area contributed by atoms with Crippen LogP contribution in [0, 0.1) is 0 Å². The maximum Gasteiger partial charge on any atom is 0.305 e. The van der Waals surface area contributed by atoms with Crippen LogP contribution in [0.3, 0.4) is 0 Å². The second-order valence-corrected chi connectivity index (χ2v) is 5.29. The maximum atomic E-state index is 12.1. The van der Waals surface area contributed by atoms with Crippen LogP contribution in [-0.4, -0.2) is 53.7 Å². The molecule has 0 aromatic rings. The van der Waals surface area contributed by atoms with E-state index < -0.39 is 5.97 Å². The molecule has 20 heavy (non-hydrogen) atoms. The molecule has 0 saturated carbocycles. The highest BCUT2D eigenvalue weighted by molar-refractivity contribution is 5.81. The predicted octanol–water partition coefficient (Wildman–Crippen LogP) is 0.986. The number of amides is 1. The summed E-state index contributed by atoms with van der Waals surface area (Å²) in [6.07, 6.45) is 4.36. The number of nitrogens with two attached hydrogens (primary N) is 1. The van der Waals surface area contributed by atoms with E-state index in [1.165, 1.54) is 0 Å². The third-order valence-corrected chi connectivity index (χ3v) is 3.61. The number of rotatable bonds is 8. The molecular weight excluding hydrogens is 260 g/mol. The third kappa shape index (κ3) is 5.88.